The Labute approximate surface area is 204 Å². The zero-order chi connectivity index (χ0) is 21.2. The summed E-state index contributed by atoms with van der Waals surface area (Å²) in [5, 5.41) is -0.387. The molecule has 1 atom stereocenters. The van der Waals surface area contributed by atoms with Crippen LogP contribution in [-0.4, -0.2) is 8.07 Å². The van der Waals surface area contributed by atoms with Gasteiger partial charge in [0.15, 0.2) is 0 Å². The van der Waals surface area contributed by atoms with E-state index in [1.54, 1.807) is 0 Å². The van der Waals surface area contributed by atoms with Gasteiger partial charge in [-0.2, -0.15) is 0 Å². The summed E-state index contributed by atoms with van der Waals surface area (Å²) in [6.07, 6.45) is -9.67. The molecule has 2 rings (SSSR count). The molecule has 0 bridgehead atoms. The summed E-state index contributed by atoms with van der Waals surface area (Å²) in [6, 6.07) is 2.03. The molecule has 168 valence electrons. The van der Waals surface area contributed by atoms with Crippen molar-refractivity contribution in [3.05, 3.63) is 49.9 Å². The van der Waals surface area contributed by atoms with Crippen molar-refractivity contribution in [3.63, 3.8) is 0 Å². The summed E-state index contributed by atoms with van der Waals surface area (Å²) in [5.74, 6) is 0. The normalized spacial score (nSPS) is 19.9. The Kier molecular flexibility index (Phi) is 10.7. The Morgan fingerprint density at radius 3 is 1.40 bits per heavy atom. The first-order valence-electron chi connectivity index (χ1n) is 8.37. The number of benzene rings is 1. The van der Waals surface area contributed by atoms with Crippen molar-refractivity contribution in [1.29, 1.82) is 0 Å². The quantitative estimate of drug-likeness (QED) is 0.287. The number of halogens is 9. The minimum absolute atomic E-state index is 0. The maximum absolute atomic E-state index is 13.3. The van der Waals surface area contributed by atoms with E-state index in [0.717, 1.165) is 32.7 Å². The van der Waals surface area contributed by atoms with Gasteiger partial charge < -0.3 is 37.2 Å². The maximum atomic E-state index is 13.3. The molecule has 0 amide bonds. The fraction of sp³-hybridized carbons (Fsp3) is 0.474. The zero-order valence-corrected chi connectivity index (χ0v) is 22.0. The number of hydrogen-bond acceptors (Lipinski definition) is 0. The Balaban J connectivity index is 0. The van der Waals surface area contributed by atoms with Gasteiger partial charge in [0.25, 0.3) is 0 Å². The number of hydrogen-bond donors (Lipinski definition) is 0. The van der Waals surface area contributed by atoms with Crippen molar-refractivity contribution in [2.24, 2.45) is 0 Å². The van der Waals surface area contributed by atoms with Crippen molar-refractivity contribution in [2.75, 3.05) is 0 Å². The second kappa shape index (κ2) is 9.92. The first kappa shape index (κ1) is 32.3. The Bertz CT molecular complexity index is 801. The van der Waals surface area contributed by atoms with Gasteiger partial charge in [-0.15, -0.1) is 0 Å². The van der Waals surface area contributed by atoms with E-state index in [-0.39, 0.29) is 48.5 Å². The third-order valence-electron chi connectivity index (χ3n) is 6.31. The van der Waals surface area contributed by atoms with Crippen LogP contribution in [0.25, 0.3) is 0 Å². The van der Waals surface area contributed by atoms with Gasteiger partial charge in [0.2, 0.25) is 0 Å². The maximum Gasteiger partial charge on any atom is -1.00 e. The second-order valence-electron chi connectivity index (χ2n) is 7.79. The van der Waals surface area contributed by atoms with Crippen LogP contribution in [0.2, 0.25) is 18.1 Å². The van der Waals surface area contributed by atoms with Crippen molar-refractivity contribution >= 4 is 13.3 Å². The van der Waals surface area contributed by atoms with Gasteiger partial charge in [0.1, 0.15) is 0 Å². The standard InChI is InChI=1S/C19H21F6Si.3ClH.Ti/c1-11-10-17(4,13(3)12(11)2)26(5,6)16-8-14(18(20,21)22)7-15(9-16)19(23,24)25;;;;/h7-9H,1-6H3;3*1H;/q;;;;+3/p-3. The van der Waals surface area contributed by atoms with Crippen molar-refractivity contribution in [3.8, 4) is 0 Å². The molecule has 1 aromatic rings. The third-order valence-corrected chi connectivity index (χ3v) is 12.9. The molecular formula is C19H21Cl3F6SiTi. The average molecular weight is 546 g/mol. The van der Waals surface area contributed by atoms with Crippen LogP contribution < -0.4 is 42.4 Å². The molecule has 0 aliphatic heterocycles. The fourth-order valence-electron chi connectivity index (χ4n) is 3.79. The summed E-state index contributed by atoms with van der Waals surface area (Å²) in [5.41, 5.74) is 0.676. The molecule has 0 fully saturated rings. The summed E-state index contributed by atoms with van der Waals surface area (Å²) < 4.78 is 80.9. The van der Waals surface area contributed by atoms with Crippen LogP contribution in [0.5, 0.6) is 0 Å². The Morgan fingerprint density at radius 1 is 0.767 bits per heavy atom. The third kappa shape index (κ3) is 5.18. The van der Waals surface area contributed by atoms with E-state index in [1.807, 2.05) is 61.2 Å². The predicted octanol–water partition coefficient (Wildman–Crippen LogP) is -2.42. The van der Waals surface area contributed by atoms with Crippen LogP contribution in [-0.2, 0) is 32.8 Å². The van der Waals surface area contributed by atoms with E-state index in [2.05, 4.69) is 0 Å². The molecule has 0 saturated heterocycles. The number of alkyl halides is 6. The monoisotopic (exact) mass is 544 g/mol. The molecule has 0 nitrogen and oxygen atoms in total. The molecular weight excluding hydrogens is 525 g/mol. The SMILES string of the molecule is CC1=C(C)C(C)([Si](C)(C)c2cc(C(F)(F)F)cc(C(F)(F)F)c2)[C]([Ti+3])=C1C.[Cl-].[Cl-].[Cl-]. The molecule has 1 unspecified atom stereocenters. The van der Waals surface area contributed by atoms with E-state index in [9.17, 15) is 26.3 Å². The van der Waals surface area contributed by atoms with Gasteiger partial charge in [0.05, 0.1) is 0 Å². The van der Waals surface area contributed by atoms with Crippen LogP contribution in [0.3, 0.4) is 0 Å². The summed E-state index contributed by atoms with van der Waals surface area (Å²) >= 11 is 1.93. The molecule has 0 heterocycles. The topological polar surface area (TPSA) is 0 Å². The van der Waals surface area contributed by atoms with E-state index in [4.69, 9.17) is 0 Å². The van der Waals surface area contributed by atoms with E-state index < -0.39 is 36.6 Å². The average Bonchev–Trinajstić information content (AvgIpc) is 2.69. The van der Waals surface area contributed by atoms with Gasteiger partial charge in [0, 0.05) is 0 Å². The van der Waals surface area contributed by atoms with E-state index in [0.29, 0.717) is 0 Å². The predicted molar refractivity (Wildman–Crippen MR) is 93.0 cm³/mol. The minimum Gasteiger partial charge on any atom is -1.00 e. The van der Waals surface area contributed by atoms with E-state index in [1.165, 1.54) is 0 Å². The molecule has 0 spiro atoms. The Morgan fingerprint density at radius 2 is 1.13 bits per heavy atom. The molecule has 0 aromatic heterocycles. The molecule has 1 aliphatic carbocycles. The van der Waals surface area contributed by atoms with Gasteiger partial charge in [-0.25, -0.2) is 0 Å². The molecule has 11 heteroatoms. The van der Waals surface area contributed by atoms with Crippen LogP contribution in [0, 0.1) is 0 Å². The minimum atomic E-state index is -4.83. The van der Waals surface area contributed by atoms with Crippen LogP contribution in [0.1, 0.15) is 38.8 Å². The molecule has 1 aliphatic rings. The van der Waals surface area contributed by atoms with Gasteiger partial charge >= 0.3 is 168 Å². The summed E-state index contributed by atoms with van der Waals surface area (Å²) in [4.78, 5) is 0. The Hall–Kier alpha value is 0.0812. The molecule has 1 aromatic carbocycles. The van der Waals surface area contributed by atoms with Gasteiger partial charge in [-0.1, -0.05) is 0 Å². The second-order valence-corrected chi connectivity index (χ2v) is 13.4. The first-order valence-corrected chi connectivity index (χ1v) is 12.1. The largest absolute Gasteiger partial charge is 1.00 e. The zero-order valence-electron chi connectivity index (χ0n) is 17.1. The molecule has 0 radical (unpaired) electrons. The van der Waals surface area contributed by atoms with Crippen molar-refractivity contribution in [1.82, 2.24) is 0 Å². The van der Waals surface area contributed by atoms with Gasteiger partial charge in [-0.3, -0.25) is 0 Å². The van der Waals surface area contributed by atoms with Crippen LogP contribution in [0.4, 0.5) is 26.3 Å². The van der Waals surface area contributed by atoms with Crippen molar-refractivity contribution < 1.29 is 84.0 Å². The molecule has 30 heavy (non-hydrogen) atoms. The van der Waals surface area contributed by atoms with Crippen LogP contribution >= 0.6 is 0 Å². The molecule has 0 N–H and O–H groups in total. The number of allylic oxidation sites excluding steroid dienone is 4. The van der Waals surface area contributed by atoms with E-state index >= 15 is 0 Å². The smallest absolute Gasteiger partial charge is 1.00 e. The summed E-state index contributed by atoms with van der Waals surface area (Å²) in [7, 11) is -2.82. The fourth-order valence-corrected chi connectivity index (χ4v) is 9.39. The molecule has 0 saturated carbocycles. The van der Waals surface area contributed by atoms with Gasteiger partial charge in [-0.05, 0) is 0 Å². The van der Waals surface area contributed by atoms with Crippen molar-refractivity contribution in [2.45, 2.75) is 58.2 Å². The summed E-state index contributed by atoms with van der Waals surface area (Å²) in [6.45, 7) is 11.5. The van der Waals surface area contributed by atoms with Crippen LogP contribution in [0.15, 0.2) is 38.8 Å². The number of rotatable bonds is 2. The first-order chi connectivity index (χ1) is 12.0.